The molecule has 27 heavy (non-hydrogen) atoms. The summed E-state index contributed by atoms with van der Waals surface area (Å²) in [6.07, 6.45) is 2.08. The summed E-state index contributed by atoms with van der Waals surface area (Å²) in [7, 11) is 1.67. The second kappa shape index (κ2) is 9.53. The minimum Gasteiger partial charge on any atom is -0.497 e. The lowest BCUT2D eigenvalue weighted by molar-refractivity contribution is -0.137. The van der Waals surface area contributed by atoms with Crippen LogP contribution in [-0.4, -0.2) is 48.8 Å². The number of methoxy groups -OCH3 is 1. The number of hydrogen-bond acceptors (Lipinski definition) is 4. The van der Waals surface area contributed by atoms with Crippen molar-refractivity contribution in [3.8, 4) is 5.75 Å². The Bertz CT molecular complexity index is 709. The molecule has 1 unspecified atom stereocenters. The molecule has 5 nitrogen and oxygen atoms in total. The van der Waals surface area contributed by atoms with Crippen LogP contribution in [0.2, 0.25) is 0 Å². The Hall–Kier alpha value is -2.37. The summed E-state index contributed by atoms with van der Waals surface area (Å²) in [5.41, 5.74) is 2.24. The van der Waals surface area contributed by atoms with Crippen LogP contribution in [0.5, 0.6) is 5.75 Å². The zero-order valence-corrected chi connectivity index (χ0v) is 15.7. The molecule has 1 saturated heterocycles. The van der Waals surface area contributed by atoms with E-state index in [1.165, 1.54) is 0 Å². The Kier molecular flexibility index (Phi) is 6.85. The minimum absolute atomic E-state index is 0.118. The molecular weight excluding hydrogens is 342 g/mol. The highest BCUT2D eigenvalue weighted by Gasteiger charge is 2.25. The van der Waals surface area contributed by atoms with Crippen molar-refractivity contribution < 1.29 is 19.4 Å². The molecular formula is C22H27NO4. The largest absolute Gasteiger partial charge is 0.497 e. The summed E-state index contributed by atoms with van der Waals surface area (Å²) in [4.78, 5) is 13.0. The first kappa shape index (κ1) is 19.4. The summed E-state index contributed by atoms with van der Waals surface area (Å²) < 4.78 is 11.8. The molecule has 0 spiro atoms. The number of aliphatic carboxylic acids is 1. The number of rotatable bonds is 8. The molecule has 0 amide bonds. The van der Waals surface area contributed by atoms with Crippen molar-refractivity contribution in [1.82, 2.24) is 4.90 Å². The van der Waals surface area contributed by atoms with Crippen molar-refractivity contribution in [2.24, 2.45) is 0 Å². The molecule has 1 N–H and O–H groups in total. The first-order chi connectivity index (χ1) is 13.2. The summed E-state index contributed by atoms with van der Waals surface area (Å²) in [6, 6.07) is 18.3. The lowest BCUT2D eigenvalue weighted by Gasteiger charge is -2.34. The van der Waals surface area contributed by atoms with Crippen LogP contribution < -0.4 is 4.74 Å². The first-order valence-corrected chi connectivity index (χ1v) is 9.44. The van der Waals surface area contributed by atoms with E-state index < -0.39 is 5.97 Å². The van der Waals surface area contributed by atoms with Crippen LogP contribution in [0.25, 0.3) is 0 Å². The third-order valence-electron chi connectivity index (χ3n) is 5.03. The van der Waals surface area contributed by atoms with Gasteiger partial charge in [0.15, 0.2) is 0 Å². The summed E-state index contributed by atoms with van der Waals surface area (Å²) in [6.45, 7) is 2.37. The Morgan fingerprint density at radius 2 is 1.70 bits per heavy atom. The number of carboxylic acids is 1. The van der Waals surface area contributed by atoms with Crippen molar-refractivity contribution in [2.75, 3.05) is 26.7 Å². The van der Waals surface area contributed by atoms with E-state index in [1.54, 1.807) is 7.11 Å². The molecule has 0 bridgehead atoms. The Morgan fingerprint density at radius 3 is 2.30 bits per heavy atom. The van der Waals surface area contributed by atoms with Gasteiger partial charge in [0, 0.05) is 19.6 Å². The van der Waals surface area contributed by atoms with Gasteiger partial charge in [-0.3, -0.25) is 4.79 Å². The summed E-state index contributed by atoms with van der Waals surface area (Å²) in [5, 5.41) is 8.84. The molecule has 0 saturated carbocycles. The number of ether oxygens (including phenoxy) is 2. The fourth-order valence-electron chi connectivity index (χ4n) is 3.47. The molecule has 1 fully saturated rings. The zero-order valence-electron chi connectivity index (χ0n) is 15.7. The smallest absolute Gasteiger partial charge is 0.304 e. The maximum Gasteiger partial charge on any atom is 0.304 e. The molecule has 2 aromatic rings. The van der Waals surface area contributed by atoms with Gasteiger partial charge in [-0.15, -0.1) is 0 Å². The highest BCUT2D eigenvalue weighted by molar-refractivity contribution is 5.66. The molecule has 144 valence electrons. The third-order valence-corrected chi connectivity index (χ3v) is 5.03. The number of nitrogens with zero attached hydrogens (tertiary/aromatic N) is 1. The van der Waals surface area contributed by atoms with Gasteiger partial charge in [0.1, 0.15) is 11.9 Å². The van der Waals surface area contributed by atoms with Crippen LogP contribution in [-0.2, 0) is 9.53 Å². The SMILES string of the molecule is COc1ccc(C(OC2CCN(CCC(=O)O)CC2)c2ccccc2)cc1. The van der Waals surface area contributed by atoms with E-state index in [2.05, 4.69) is 29.2 Å². The minimum atomic E-state index is -0.739. The quantitative estimate of drug-likeness (QED) is 0.768. The zero-order chi connectivity index (χ0) is 19.1. The van der Waals surface area contributed by atoms with E-state index in [0.717, 1.165) is 42.8 Å². The van der Waals surface area contributed by atoms with E-state index in [1.807, 2.05) is 30.3 Å². The maximum absolute atomic E-state index is 10.8. The van der Waals surface area contributed by atoms with Gasteiger partial charge in [-0.2, -0.15) is 0 Å². The monoisotopic (exact) mass is 369 g/mol. The number of piperidine rings is 1. The van der Waals surface area contributed by atoms with Crippen molar-refractivity contribution in [2.45, 2.75) is 31.5 Å². The van der Waals surface area contributed by atoms with Gasteiger partial charge in [-0.05, 0) is 36.1 Å². The van der Waals surface area contributed by atoms with Crippen LogP contribution >= 0.6 is 0 Å². The van der Waals surface area contributed by atoms with Gasteiger partial charge in [0.05, 0.1) is 19.6 Å². The highest BCUT2D eigenvalue weighted by Crippen LogP contribution is 2.31. The van der Waals surface area contributed by atoms with Gasteiger partial charge in [-0.1, -0.05) is 42.5 Å². The normalized spacial score (nSPS) is 16.8. The molecule has 1 heterocycles. The lowest BCUT2D eigenvalue weighted by Crippen LogP contribution is -2.38. The standard InChI is InChI=1S/C22H27NO4/c1-26-19-9-7-18(8-10-19)22(17-5-3-2-4-6-17)27-20-11-14-23(15-12-20)16-13-21(24)25/h2-10,20,22H,11-16H2,1H3,(H,24,25). The third kappa shape index (κ3) is 5.55. The fourth-order valence-corrected chi connectivity index (χ4v) is 3.47. The van der Waals surface area contributed by atoms with E-state index >= 15 is 0 Å². The molecule has 0 radical (unpaired) electrons. The number of benzene rings is 2. The Balaban J connectivity index is 1.66. The fraction of sp³-hybridized carbons (Fsp3) is 0.409. The van der Waals surface area contributed by atoms with E-state index in [-0.39, 0.29) is 18.6 Å². The predicted octanol–water partition coefficient (Wildman–Crippen LogP) is 3.74. The summed E-state index contributed by atoms with van der Waals surface area (Å²) >= 11 is 0. The van der Waals surface area contributed by atoms with Crippen LogP contribution in [0.4, 0.5) is 0 Å². The molecule has 0 aromatic heterocycles. The molecule has 1 aliphatic heterocycles. The van der Waals surface area contributed by atoms with E-state index in [4.69, 9.17) is 14.6 Å². The van der Waals surface area contributed by atoms with Crippen molar-refractivity contribution in [1.29, 1.82) is 0 Å². The molecule has 2 aromatic carbocycles. The van der Waals surface area contributed by atoms with Crippen molar-refractivity contribution in [3.05, 3.63) is 65.7 Å². The number of carbonyl (C=O) groups is 1. The Morgan fingerprint density at radius 1 is 1.07 bits per heavy atom. The van der Waals surface area contributed by atoms with Crippen molar-refractivity contribution >= 4 is 5.97 Å². The molecule has 0 aliphatic carbocycles. The number of hydrogen-bond donors (Lipinski definition) is 1. The average Bonchev–Trinajstić information content (AvgIpc) is 2.72. The number of carboxylic acid groups (broad SMARTS) is 1. The first-order valence-electron chi connectivity index (χ1n) is 9.44. The maximum atomic E-state index is 10.8. The predicted molar refractivity (Wildman–Crippen MR) is 104 cm³/mol. The van der Waals surface area contributed by atoms with Crippen LogP contribution in [0.1, 0.15) is 36.5 Å². The second-order valence-electron chi connectivity index (χ2n) is 6.88. The molecule has 1 atom stereocenters. The second-order valence-corrected chi connectivity index (χ2v) is 6.88. The van der Waals surface area contributed by atoms with Crippen LogP contribution in [0.3, 0.4) is 0 Å². The average molecular weight is 369 g/mol. The molecule has 3 rings (SSSR count). The Labute approximate surface area is 160 Å². The van der Waals surface area contributed by atoms with Crippen molar-refractivity contribution in [3.63, 3.8) is 0 Å². The van der Waals surface area contributed by atoms with Gasteiger partial charge in [-0.25, -0.2) is 0 Å². The topological polar surface area (TPSA) is 59.0 Å². The highest BCUT2D eigenvalue weighted by atomic mass is 16.5. The molecule has 1 aliphatic rings. The molecule has 5 heteroatoms. The van der Waals surface area contributed by atoms with Gasteiger partial charge >= 0.3 is 5.97 Å². The number of likely N-dealkylation sites (tertiary alicyclic amines) is 1. The van der Waals surface area contributed by atoms with Crippen LogP contribution in [0.15, 0.2) is 54.6 Å². The van der Waals surface area contributed by atoms with Gasteiger partial charge < -0.3 is 19.5 Å². The van der Waals surface area contributed by atoms with E-state index in [0.29, 0.717) is 6.54 Å². The van der Waals surface area contributed by atoms with E-state index in [9.17, 15) is 4.79 Å². The lowest BCUT2D eigenvalue weighted by atomic mass is 10.00. The van der Waals surface area contributed by atoms with Gasteiger partial charge in [0.2, 0.25) is 0 Å². The van der Waals surface area contributed by atoms with Gasteiger partial charge in [0.25, 0.3) is 0 Å². The summed E-state index contributed by atoms with van der Waals surface area (Å²) in [5.74, 6) is 0.0920. The van der Waals surface area contributed by atoms with Crippen LogP contribution in [0, 0.1) is 0 Å².